The number of rotatable bonds is 2. The van der Waals surface area contributed by atoms with E-state index in [9.17, 15) is 9.59 Å². The van der Waals surface area contributed by atoms with E-state index in [1.54, 1.807) is 0 Å². The molecule has 1 aromatic heterocycles. The number of amides is 1. The van der Waals surface area contributed by atoms with Gasteiger partial charge in [0, 0.05) is 6.07 Å². The number of aromatic nitrogens is 2. The molecule has 0 fully saturated rings. The largest absolute Gasteiger partial charge is 0.319 e. The Morgan fingerprint density at radius 1 is 1.50 bits per heavy atom. The van der Waals surface area contributed by atoms with Crippen LogP contribution in [0.2, 0.25) is 0 Å². The van der Waals surface area contributed by atoms with Crippen LogP contribution in [0.15, 0.2) is 16.9 Å². The van der Waals surface area contributed by atoms with Gasteiger partial charge in [-0.05, 0) is 11.5 Å². The zero-order chi connectivity index (χ0) is 12.3. The van der Waals surface area contributed by atoms with E-state index >= 15 is 0 Å². The lowest BCUT2D eigenvalue weighted by Gasteiger charge is -2.25. The molecule has 1 heterocycles. The Bertz CT molecular complexity index is 413. The van der Waals surface area contributed by atoms with Crippen LogP contribution in [0.25, 0.3) is 0 Å². The summed E-state index contributed by atoms with van der Waals surface area (Å²) in [7, 11) is 0. The zero-order valence-electron chi connectivity index (χ0n) is 9.57. The van der Waals surface area contributed by atoms with Gasteiger partial charge in [-0.3, -0.25) is 9.59 Å². The molecule has 0 aliphatic carbocycles. The van der Waals surface area contributed by atoms with Gasteiger partial charge in [-0.1, -0.05) is 20.8 Å². The molecule has 1 atom stereocenters. The molecule has 0 saturated heterocycles. The third-order valence-electron chi connectivity index (χ3n) is 2.15. The Morgan fingerprint density at radius 2 is 2.12 bits per heavy atom. The first-order valence-corrected chi connectivity index (χ1v) is 4.93. The standard InChI is InChI=1S/C10H16N4O2/c1-10(2,3)8(11)9(16)12-6-4-5-7(15)14-13-6/h4-5,8H,11H2,1-3H3,(H,14,15)(H,12,13,16)/t8-/m0/s1. The Kier molecular flexibility index (Phi) is 3.44. The van der Waals surface area contributed by atoms with Gasteiger partial charge in [0.1, 0.15) is 0 Å². The fourth-order valence-corrected chi connectivity index (χ4v) is 1.01. The lowest BCUT2D eigenvalue weighted by molar-refractivity contribution is -0.119. The van der Waals surface area contributed by atoms with Crippen LogP contribution in [0.5, 0.6) is 0 Å². The van der Waals surface area contributed by atoms with E-state index in [4.69, 9.17) is 5.73 Å². The molecule has 0 aliphatic heterocycles. The SMILES string of the molecule is CC(C)(C)[C@@H](N)C(=O)Nc1ccc(=O)[nH]n1. The first-order chi connectivity index (χ1) is 7.30. The van der Waals surface area contributed by atoms with Crippen LogP contribution in [0.4, 0.5) is 5.82 Å². The third kappa shape index (κ3) is 3.16. The molecule has 0 bridgehead atoms. The number of hydrogen-bond acceptors (Lipinski definition) is 4. The summed E-state index contributed by atoms with van der Waals surface area (Å²) in [6, 6.07) is 2.07. The van der Waals surface area contributed by atoms with Crippen molar-refractivity contribution in [3.63, 3.8) is 0 Å². The number of carbonyl (C=O) groups excluding carboxylic acids is 1. The summed E-state index contributed by atoms with van der Waals surface area (Å²) in [5.74, 6) is -0.0450. The smallest absolute Gasteiger partial charge is 0.264 e. The molecule has 4 N–H and O–H groups in total. The highest BCUT2D eigenvalue weighted by molar-refractivity contribution is 5.94. The van der Waals surface area contributed by atoms with Crippen LogP contribution in [-0.2, 0) is 4.79 Å². The molecule has 88 valence electrons. The molecule has 6 nitrogen and oxygen atoms in total. The zero-order valence-corrected chi connectivity index (χ0v) is 9.57. The van der Waals surface area contributed by atoms with Crippen molar-refractivity contribution in [3.05, 3.63) is 22.5 Å². The summed E-state index contributed by atoms with van der Waals surface area (Å²) < 4.78 is 0. The number of nitrogens with one attached hydrogen (secondary N) is 2. The first kappa shape index (κ1) is 12.4. The second kappa shape index (κ2) is 4.44. The van der Waals surface area contributed by atoms with Crippen molar-refractivity contribution in [1.29, 1.82) is 0 Å². The summed E-state index contributed by atoms with van der Waals surface area (Å²) in [4.78, 5) is 22.4. The van der Waals surface area contributed by atoms with Gasteiger partial charge in [-0.2, -0.15) is 5.10 Å². The van der Waals surface area contributed by atoms with Gasteiger partial charge in [0.15, 0.2) is 5.82 Å². The Hall–Kier alpha value is -1.69. The molecule has 0 radical (unpaired) electrons. The van der Waals surface area contributed by atoms with E-state index in [0.717, 1.165) is 0 Å². The molecular weight excluding hydrogens is 208 g/mol. The van der Waals surface area contributed by atoms with Gasteiger partial charge in [-0.25, -0.2) is 5.10 Å². The lowest BCUT2D eigenvalue weighted by atomic mass is 9.87. The van der Waals surface area contributed by atoms with Crippen molar-refractivity contribution < 1.29 is 4.79 Å². The van der Waals surface area contributed by atoms with Gasteiger partial charge in [-0.15, -0.1) is 0 Å². The van der Waals surface area contributed by atoms with Gasteiger partial charge in [0.05, 0.1) is 6.04 Å². The minimum atomic E-state index is -0.638. The quantitative estimate of drug-likeness (QED) is 0.662. The van der Waals surface area contributed by atoms with Crippen molar-refractivity contribution in [2.75, 3.05) is 5.32 Å². The summed E-state index contributed by atoms with van der Waals surface area (Å²) in [5, 5.41) is 8.41. The topological polar surface area (TPSA) is 101 Å². The number of hydrogen-bond donors (Lipinski definition) is 3. The third-order valence-corrected chi connectivity index (χ3v) is 2.15. The number of anilines is 1. The van der Waals surface area contributed by atoms with E-state index in [1.807, 2.05) is 20.8 Å². The monoisotopic (exact) mass is 224 g/mol. The predicted molar refractivity (Wildman–Crippen MR) is 60.9 cm³/mol. The Balaban J connectivity index is 2.72. The second-order valence-corrected chi connectivity index (χ2v) is 4.64. The van der Waals surface area contributed by atoms with Crippen LogP contribution in [-0.4, -0.2) is 22.1 Å². The minimum absolute atomic E-state index is 0.282. The molecule has 16 heavy (non-hydrogen) atoms. The van der Waals surface area contributed by atoms with Crippen LogP contribution in [0.1, 0.15) is 20.8 Å². The summed E-state index contributed by atoms with van der Waals surface area (Å²) in [6.45, 7) is 5.62. The number of carbonyl (C=O) groups is 1. The van der Waals surface area contributed by atoms with Crippen molar-refractivity contribution in [1.82, 2.24) is 10.2 Å². The molecule has 0 aliphatic rings. The van der Waals surface area contributed by atoms with E-state index in [2.05, 4.69) is 15.5 Å². The summed E-state index contributed by atoms with van der Waals surface area (Å²) >= 11 is 0. The average molecular weight is 224 g/mol. The minimum Gasteiger partial charge on any atom is -0.319 e. The number of aromatic amines is 1. The van der Waals surface area contributed by atoms with E-state index < -0.39 is 6.04 Å². The maximum Gasteiger partial charge on any atom is 0.264 e. The van der Waals surface area contributed by atoms with Crippen molar-refractivity contribution in [3.8, 4) is 0 Å². The molecule has 1 aromatic rings. The highest BCUT2D eigenvalue weighted by atomic mass is 16.2. The average Bonchev–Trinajstić information content (AvgIpc) is 2.19. The molecule has 0 aromatic carbocycles. The van der Waals surface area contributed by atoms with E-state index in [-0.39, 0.29) is 22.7 Å². The van der Waals surface area contributed by atoms with Crippen LogP contribution < -0.4 is 16.6 Å². The molecular formula is C10H16N4O2. The molecule has 0 saturated carbocycles. The molecule has 0 spiro atoms. The van der Waals surface area contributed by atoms with Gasteiger partial charge in [0.25, 0.3) is 5.56 Å². The first-order valence-electron chi connectivity index (χ1n) is 4.93. The number of nitrogens with two attached hydrogens (primary N) is 1. The maximum absolute atomic E-state index is 11.7. The highest BCUT2D eigenvalue weighted by Gasteiger charge is 2.27. The van der Waals surface area contributed by atoms with Gasteiger partial charge in [0.2, 0.25) is 5.91 Å². The van der Waals surface area contributed by atoms with Crippen LogP contribution in [0.3, 0.4) is 0 Å². The van der Waals surface area contributed by atoms with Crippen molar-refractivity contribution in [2.45, 2.75) is 26.8 Å². The maximum atomic E-state index is 11.7. The highest BCUT2D eigenvalue weighted by Crippen LogP contribution is 2.18. The second-order valence-electron chi connectivity index (χ2n) is 4.64. The molecule has 0 unspecified atom stereocenters. The molecule has 1 amide bonds. The Morgan fingerprint density at radius 3 is 2.56 bits per heavy atom. The summed E-state index contributed by atoms with van der Waals surface area (Å²) in [6.07, 6.45) is 0. The predicted octanol–water partition coefficient (Wildman–Crippen LogP) is 0.0818. The van der Waals surface area contributed by atoms with Gasteiger partial charge < -0.3 is 11.1 Å². The van der Waals surface area contributed by atoms with Crippen molar-refractivity contribution >= 4 is 11.7 Å². The fourth-order valence-electron chi connectivity index (χ4n) is 1.01. The van der Waals surface area contributed by atoms with Gasteiger partial charge >= 0.3 is 0 Å². The molecule has 6 heteroatoms. The van der Waals surface area contributed by atoms with E-state index in [0.29, 0.717) is 0 Å². The molecule has 1 rings (SSSR count). The van der Waals surface area contributed by atoms with Crippen molar-refractivity contribution in [2.24, 2.45) is 11.1 Å². The number of nitrogens with zero attached hydrogens (tertiary/aromatic N) is 1. The summed E-state index contributed by atoms with van der Waals surface area (Å²) in [5.41, 5.74) is 5.11. The van der Waals surface area contributed by atoms with E-state index in [1.165, 1.54) is 12.1 Å². The number of H-pyrrole nitrogens is 1. The fraction of sp³-hybridized carbons (Fsp3) is 0.500. The van der Waals surface area contributed by atoms with Crippen LogP contribution in [0, 0.1) is 5.41 Å². The lowest BCUT2D eigenvalue weighted by Crippen LogP contribution is -2.45. The van der Waals surface area contributed by atoms with Crippen LogP contribution >= 0.6 is 0 Å². The normalized spacial score (nSPS) is 13.2. The Labute approximate surface area is 93.2 Å².